The molecule has 0 rings (SSSR count). The summed E-state index contributed by atoms with van der Waals surface area (Å²) < 4.78 is 0. The molecule has 0 aliphatic heterocycles. The maximum Gasteiger partial charge on any atom is 0.251 e. The Morgan fingerprint density at radius 1 is 1.15 bits per heavy atom. The highest BCUT2D eigenvalue weighted by molar-refractivity contribution is 6.09. The molecule has 0 aromatic heterocycles. The van der Waals surface area contributed by atoms with E-state index in [1.54, 1.807) is 7.05 Å². The van der Waals surface area contributed by atoms with Crippen LogP contribution in [0.15, 0.2) is 23.5 Å². The van der Waals surface area contributed by atoms with Crippen LogP contribution in [0.3, 0.4) is 0 Å². The maximum atomic E-state index is 10.8. The second-order valence-corrected chi connectivity index (χ2v) is 2.16. The lowest BCUT2D eigenvalue weighted by atomic mass is 10.1. The van der Waals surface area contributed by atoms with Crippen LogP contribution in [0.25, 0.3) is 0 Å². The molecule has 13 heavy (non-hydrogen) atoms. The van der Waals surface area contributed by atoms with Gasteiger partial charge in [-0.1, -0.05) is 0 Å². The first-order valence-corrected chi connectivity index (χ1v) is 3.43. The maximum absolute atomic E-state index is 10.8. The summed E-state index contributed by atoms with van der Waals surface area (Å²) in [5.41, 5.74) is 14.9. The van der Waals surface area contributed by atoms with E-state index in [1.807, 2.05) is 0 Å². The molecular weight excluding hydrogens is 172 g/mol. The first-order valence-electron chi connectivity index (χ1n) is 3.43. The van der Waals surface area contributed by atoms with Crippen molar-refractivity contribution >= 4 is 11.8 Å². The Balaban J connectivity index is 5.06. The summed E-state index contributed by atoms with van der Waals surface area (Å²) in [5, 5.41) is 2.55. The van der Waals surface area contributed by atoms with Crippen LogP contribution >= 0.6 is 0 Å². The fourth-order valence-electron chi connectivity index (χ4n) is 0.731. The molecule has 6 heteroatoms. The second-order valence-electron chi connectivity index (χ2n) is 2.16. The molecular formula is C7H12N4O2. The van der Waals surface area contributed by atoms with E-state index in [2.05, 4.69) is 5.32 Å². The smallest absolute Gasteiger partial charge is 0.251 e. The first kappa shape index (κ1) is 11.0. The average molecular weight is 184 g/mol. The molecule has 0 aliphatic carbocycles. The number of amides is 2. The van der Waals surface area contributed by atoms with Crippen molar-refractivity contribution in [2.45, 2.75) is 0 Å². The molecule has 0 heterocycles. The topological polar surface area (TPSA) is 124 Å². The van der Waals surface area contributed by atoms with Gasteiger partial charge < -0.3 is 22.5 Å². The third-order valence-electron chi connectivity index (χ3n) is 1.28. The summed E-state index contributed by atoms with van der Waals surface area (Å²) >= 11 is 0. The van der Waals surface area contributed by atoms with Crippen LogP contribution in [-0.2, 0) is 9.59 Å². The lowest BCUT2D eigenvalue weighted by molar-refractivity contribution is -0.117. The van der Waals surface area contributed by atoms with Gasteiger partial charge >= 0.3 is 0 Å². The van der Waals surface area contributed by atoms with Crippen molar-refractivity contribution in [1.82, 2.24) is 5.32 Å². The highest BCUT2D eigenvalue weighted by atomic mass is 16.2. The molecule has 0 aromatic carbocycles. The predicted octanol–water partition coefficient (Wildman–Crippen LogP) is -2.10. The van der Waals surface area contributed by atoms with Gasteiger partial charge in [-0.05, 0) is 0 Å². The first-order chi connectivity index (χ1) is 6.04. The summed E-state index contributed by atoms with van der Waals surface area (Å²) in [6.07, 6.45) is 2.20. The molecule has 7 N–H and O–H groups in total. The van der Waals surface area contributed by atoms with Crippen molar-refractivity contribution in [2.24, 2.45) is 17.2 Å². The zero-order chi connectivity index (χ0) is 10.4. The van der Waals surface area contributed by atoms with E-state index in [0.29, 0.717) is 0 Å². The van der Waals surface area contributed by atoms with Crippen molar-refractivity contribution in [3.63, 3.8) is 0 Å². The lowest BCUT2D eigenvalue weighted by Crippen LogP contribution is -2.25. The van der Waals surface area contributed by atoms with E-state index < -0.39 is 11.8 Å². The summed E-state index contributed by atoms with van der Waals surface area (Å²) in [6.45, 7) is 0. The van der Waals surface area contributed by atoms with Gasteiger partial charge in [-0.2, -0.15) is 0 Å². The fourth-order valence-corrected chi connectivity index (χ4v) is 0.731. The molecule has 0 saturated heterocycles. The van der Waals surface area contributed by atoms with Crippen molar-refractivity contribution in [3.05, 3.63) is 23.5 Å². The molecule has 0 unspecified atom stereocenters. The number of rotatable bonds is 4. The summed E-state index contributed by atoms with van der Waals surface area (Å²) in [7, 11) is 1.55. The zero-order valence-electron chi connectivity index (χ0n) is 7.20. The van der Waals surface area contributed by atoms with Gasteiger partial charge in [0.2, 0.25) is 0 Å². The Labute approximate surface area is 75.4 Å². The van der Waals surface area contributed by atoms with Crippen molar-refractivity contribution in [1.29, 1.82) is 0 Å². The highest BCUT2D eigenvalue weighted by Crippen LogP contribution is 2.05. The summed E-state index contributed by atoms with van der Waals surface area (Å²) in [6, 6.07) is 0. The predicted molar refractivity (Wildman–Crippen MR) is 47.8 cm³/mol. The van der Waals surface area contributed by atoms with Gasteiger partial charge in [-0.3, -0.25) is 9.59 Å². The summed E-state index contributed by atoms with van der Waals surface area (Å²) in [5.74, 6) is -1.58. The quantitative estimate of drug-likeness (QED) is 0.295. The van der Waals surface area contributed by atoms with Crippen LogP contribution in [-0.4, -0.2) is 18.9 Å². The molecule has 0 saturated carbocycles. The van der Waals surface area contributed by atoms with E-state index >= 15 is 0 Å². The van der Waals surface area contributed by atoms with E-state index in [9.17, 15) is 9.59 Å². The Morgan fingerprint density at radius 2 is 1.62 bits per heavy atom. The third kappa shape index (κ3) is 2.86. The molecule has 0 aliphatic rings. The van der Waals surface area contributed by atoms with Gasteiger partial charge in [0.15, 0.2) is 0 Å². The van der Waals surface area contributed by atoms with E-state index in [-0.39, 0.29) is 11.1 Å². The molecule has 2 amide bonds. The van der Waals surface area contributed by atoms with Crippen LogP contribution in [0.1, 0.15) is 0 Å². The number of hydrogen-bond donors (Lipinski definition) is 4. The van der Waals surface area contributed by atoms with Crippen molar-refractivity contribution in [3.8, 4) is 0 Å². The van der Waals surface area contributed by atoms with E-state index in [4.69, 9.17) is 17.2 Å². The monoisotopic (exact) mass is 184 g/mol. The molecule has 72 valence electrons. The SMILES string of the molecule is CN/C=C(C(N)=O)\C(=C/N)C(N)=O. The molecule has 0 aromatic rings. The number of carbonyl (C=O) groups excluding carboxylic acids is 2. The fraction of sp³-hybridized carbons (Fsp3) is 0.143. The van der Waals surface area contributed by atoms with Crippen molar-refractivity contribution < 1.29 is 9.59 Å². The number of nitrogens with two attached hydrogens (primary N) is 3. The Kier molecular flexibility index (Phi) is 4.08. The minimum Gasteiger partial charge on any atom is -0.404 e. The summed E-state index contributed by atoms with van der Waals surface area (Å²) in [4.78, 5) is 21.6. The Hall–Kier alpha value is -1.98. The van der Waals surface area contributed by atoms with Crippen molar-refractivity contribution in [2.75, 3.05) is 7.05 Å². The van der Waals surface area contributed by atoms with Gasteiger partial charge in [0.25, 0.3) is 11.8 Å². The molecule has 0 bridgehead atoms. The second kappa shape index (κ2) is 4.81. The average Bonchev–Trinajstić information content (AvgIpc) is 2.03. The van der Waals surface area contributed by atoms with Gasteiger partial charge in [0.05, 0.1) is 11.1 Å². The standard InChI is InChI=1S/C7H12N4O2/c1-11-3-5(7(10)13)4(2-8)6(9)12/h2-3,11H,8H2,1H3,(H2,9,12)(H2,10,13)/b4-2+,5-3+. The zero-order valence-corrected chi connectivity index (χ0v) is 7.20. The largest absolute Gasteiger partial charge is 0.404 e. The molecule has 0 fully saturated rings. The van der Waals surface area contributed by atoms with E-state index in [0.717, 1.165) is 6.20 Å². The highest BCUT2D eigenvalue weighted by Gasteiger charge is 2.15. The number of nitrogens with one attached hydrogen (secondary N) is 1. The Morgan fingerprint density at radius 3 is 1.85 bits per heavy atom. The van der Waals surface area contributed by atoms with Crippen LogP contribution in [0.4, 0.5) is 0 Å². The van der Waals surface area contributed by atoms with Gasteiger partial charge in [0, 0.05) is 19.4 Å². The molecule has 0 radical (unpaired) electrons. The Bertz CT molecular complexity index is 280. The minimum atomic E-state index is -0.803. The molecule has 6 nitrogen and oxygen atoms in total. The van der Waals surface area contributed by atoms with Crippen LogP contribution < -0.4 is 22.5 Å². The van der Waals surface area contributed by atoms with Gasteiger partial charge in [0.1, 0.15) is 0 Å². The van der Waals surface area contributed by atoms with E-state index in [1.165, 1.54) is 6.20 Å². The minimum absolute atomic E-state index is 0.0440. The molecule has 0 atom stereocenters. The molecule has 0 spiro atoms. The number of carbonyl (C=O) groups is 2. The van der Waals surface area contributed by atoms with Gasteiger partial charge in [-0.15, -0.1) is 0 Å². The lowest BCUT2D eigenvalue weighted by Gasteiger charge is -2.03. The number of hydrogen-bond acceptors (Lipinski definition) is 4. The number of primary amides is 2. The third-order valence-corrected chi connectivity index (χ3v) is 1.28. The van der Waals surface area contributed by atoms with Crippen LogP contribution in [0.5, 0.6) is 0 Å². The van der Waals surface area contributed by atoms with Crippen LogP contribution in [0.2, 0.25) is 0 Å². The van der Waals surface area contributed by atoms with Gasteiger partial charge in [-0.25, -0.2) is 0 Å². The van der Waals surface area contributed by atoms with Crippen LogP contribution in [0, 0.1) is 0 Å². The normalized spacial score (nSPS) is 12.4.